The molecule has 0 saturated heterocycles. The lowest BCUT2D eigenvalue weighted by Gasteiger charge is -2.07. The summed E-state index contributed by atoms with van der Waals surface area (Å²) in [5.41, 5.74) is 0. The van der Waals surface area contributed by atoms with E-state index >= 15 is 0 Å². The molecule has 2 rings (SSSR count). The molecular weight excluding hydrogens is 234 g/mol. The number of thiazole rings is 1. The zero-order chi connectivity index (χ0) is 12.1. The first-order valence-corrected chi connectivity index (χ1v) is 6.31. The molecule has 0 atom stereocenters. The highest BCUT2D eigenvalue weighted by atomic mass is 32.1. The fourth-order valence-corrected chi connectivity index (χ4v) is 2.24. The Hall–Kier alpha value is -1.62. The lowest BCUT2D eigenvalue weighted by molar-refractivity contribution is 0.415. The van der Waals surface area contributed by atoms with Gasteiger partial charge in [0, 0.05) is 17.3 Å². The predicted molar refractivity (Wildman–Crippen MR) is 69.6 cm³/mol. The van der Waals surface area contributed by atoms with Gasteiger partial charge in [0.25, 0.3) is 0 Å². The van der Waals surface area contributed by atoms with Crippen molar-refractivity contribution in [1.29, 1.82) is 0 Å². The Morgan fingerprint density at radius 2 is 2.29 bits per heavy atom. The molecule has 0 aromatic carbocycles. The van der Waals surface area contributed by atoms with Crippen molar-refractivity contribution in [3.63, 3.8) is 0 Å². The van der Waals surface area contributed by atoms with Crippen LogP contribution >= 0.6 is 11.3 Å². The molecule has 17 heavy (non-hydrogen) atoms. The predicted octanol–water partition coefficient (Wildman–Crippen LogP) is 2.72. The van der Waals surface area contributed by atoms with Crippen LogP contribution in [-0.2, 0) is 13.0 Å². The monoisotopic (exact) mass is 249 g/mol. The Bertz CT molecular complexity index is 484. The second kappa shape index (κ2) is 5.63. The van der Waals surface area contributed by atoms with Crippen LogP contribution in [0.3, 0.4) is 0 Å². The molecule has 0 radical (unpaired) electrons. The Balaban J connectivity index is 2.01. The molecule has 0 bridgehead atoms. The lowest BCUT2D eigenvalue weighted by atomic mass is 10.4. The third-order valence-corrected chi connectivity index (χ3v) is 3.49. The number of anilines is 1. The standard InChI is InChI=1S/C12H15N3OS/c1-3-9-7-14-11(17-9)8-15-12-10(16-2)5-4-6-13-12/h4-7H,3,8H2,1-2H3,(H,13,15). The Morgan fingerprint density at radius 3 is 3.00 bits per heavy atom. The number of ether oxygens (including phenoxy) is 1. The molecule has 0 aliphatic rings. The summed E-state index contributed by atoms with van der Waals surface area (Å²) in [4.78, 5) is 9.88. The van der Waals surface area contributed by atoms with E-state index in [9.17, 15) is 0 Å². The quantitative estimate of drug-likeness (QED) is 0.885. The van der Waals surface area contributed by atoms with Crippen LogP contribution in [0.2, 0.25) is 0 Å². The summed E-state index contributed by atoms with van der Waals surface area (Å²) in [5, 5.41) is 4.29. The van der Waals surface area contributed by atoms with Crippen LogP contribution in [0.25, 0.3) is 0 Å². The summed E-state index contributed by atoms with van der Waals surface area (Å²) >= 11 is 1.72. The number of methoxy groups -OCH3 is 1. The van der Waals surface area contributed by atoms with Gasteiger partial charge in [0.1, 0.15) is 5.01 Å². The van der Waals surface area contributed by atoms with E-state index in [1.807, 2.05) is 18.3 Å². The number of nitrogens with zero attached hydrogens (tertiary/aromatic N) is 2. The minimum atomic E-state index is 0.679. The number of pyridine rings is 1. The minimum absolute atomic E-state index is 0.679. The van der Waals surface area contributed by atoms with Crippen molar-refractivity contribution in [2.24, 2.45) is 0 Å². The molecule has 0 amide bonds. The summed E-state index contributed by atoms with van der Waals surface area (Å²) in [6.07, 6.45) is 4.70. The molecule has 1 N–H and O–H groups in total. The number of nitrogens with one attached hydrogen (secondary N) is 1. The largest absolute Gasteiger partial charge is 0.493 e. The molecule has 2 aromatic heterocycles. The maximum absolute atomic E-state index is 5.22. The van der Waals surface area contributed by atoms with E-state index in [4.69, 9.17) is 4.74 Å². The minimum Gasteiger partial charge on any atom is -0.493 e. The molecule has 2 heterocycles. The van der Waals surface area contributed by atoms with Gasteiger partial charge in [-0.25, -0.2) is 9.97 Å². The number of aromatic nitrogens is 2. The normalized spacial score (nSPS) is 10.2. The zero-order valence-electron chi connectivity index (χ0n) is 9.93. The average molecular weight is 249 g/mol. The number of hydrogen-bond donors (Lipinski definition) is 1. The van der Waals surface area contributed by atoms with Crippen molar-refractivity contribution < 1.29 is 4.74 Å². The molecule has 5 heteroatoms. The van der Waals surface area contributed by atoms with Gasteiger partial charge < -0.3 is 10.1 Å². The van der Waals surface area contributed by atoms with Crippen LogP contribution in [0.1, 0.15) is 16.8 Å². The van der Waals surface area contributed by atoms with Gasteiger partial charge in [0.05, 0.1) is 13.7 Å². The van der Waals surface area contributed by atoms with Gasteiger partial charge in [-0.15, -0.1) is 11.3 Å². The molecule has 0 saturated carbocycles. The molecule has 90 valence electrons. The Kier molecular flexibility index (Phi) is 3.93. The fourth-order valence-electron chi connectivity index (χ4n) is 1.44. The molecule has 0 aliphatic heterocycles. The van der Waals surface area contributed by atoms with E-state index in [1.54, 1.807) is 24.6 Å². The molecule has 0 unspecified atom stereocenters. The van der Waals surface area contributed by atoms with Gasteiger partial charge in [-0.2, -0.15) is 0 Å². The van der Waals surface area contributed by atoms with E-state index < -0.39 is 0 Å². The van der Waals surface area contributed by atoms with Crippen LogP contribution in [0.15, 0.2) is 24.5 Å². The van der Waals surface area contributed by atoms with Gasteiger partial charge in [0.2, 0.25) is 0 Å². The third-order valence-electron chi connectivity index (χ3n) is 2.35. The summed E-state index contributed by atoms with van der Waals surface area (Å²) in [5.74, 6) is 1.50. The van der Waals surface area contributed by atoms with E-state index in [1.165, 1.54) is 4.88 Å². The Morgan fingerprint density at radius 1 is 1.41 bits per heavy atom. The molecule has 2 aromatic rings. The first-order valence-electron chi connectivity index (χ1n) is 5.50. The number of rotatable bonds is 5. The van der Waals surface area contributed by atoms with Crippen molar-refractivity contribution in [2.75, 3.05) is 12.4 Å². The van der Waals surface area contributed by atoms with E-state index in [-0.39, 0.29) is 0 Å². The highest BCUT2D eigenvalue weighted by molar-refractivity contribution is 7.11. The van der Waals surface area contributed by atoms with Gasteiger partial charge in [-0.1, -0.05) is 6.92 Å². The number of aryl methyl sites for hydroxylation is 1. The summed E-state index contributed by atoms with van der Waals surface area (Å²) in [6, 6.07) is 3.73. The van der Waals surface area contributed by atoms with Crippen molar-refractivity contribution >= 4 is 17.2 Å². The zero-order valence-corrected chi connectivity index (χ0v) is 10.8. The van der Waals surface area contributed by atoms with E-state index in [2.05, 4.69) is 22.2 Å². The average Bonchev–Trinajstić information content (AvgIpc) is 2.84. The first kappa shape index (κ1) is 11.9. The van der Waals surface area contributed by atoms with Crippen molar-refractivity contribution in [3.8, 4) is 5.75 Å². The van der Waals surface area contributed by atoms with E-state index in [0.717, 1.165) is 23.0 Å². The molecular formula is C12H15N3OS. The number of hydrogen-bond acceptors (Lipinski definition) is 5. The van der Waals surface area contributed by atoms with Crippen LogP contribution in [0, 0.1) is 0 Å². The van der Waals surface area contributed by atoms with Crippen LogP contribution in [-0.4, -0.2) is 17.1 Å². The third kappa shape index (κ3) is 2.94. The van der Waals surface area contributed by atoms with Crippen molar-refractivity contribution in [1.82, 2.24) is 9.97 Å². The summed E-state index contributed by atoms with van der Waals surface area (Å²) in [6.45, 7) is 2.81. The summed E-state index contributed by atoms with van der Waals surface area (Å²) in [7, 11) is 1.64. The van der Waals surface area contributed by atoms with Gasteiger partial charge in [0.15, 0.2) is 11.6 Å². The van der Waals surface area contributed by atoms with Crippen LogP contribution in [0.4, 0.5) is 5.82 Å². The second-order valence-electron chi connectivity index (χ2n) is 3.48. The smallest absolute Gasteiger partial charge is 0.169 e. The highest BCUT2D eigenvalue weighted by Gasteiger charge is 2.04. The fraction of sp³-hybridized carbons (Fsp3) is 0.333. The van der Waals surface area contributed by atoms with Gasteiger partial charge in [-0.3, -0.25) is 0 Å². The topological polar surface area (TPSA) is 47.0 Å². The van der Waals surface area contributed by atoms with Crippen LogP contribution in [0.5, 0.6) is 5.75 Å². The first-order chi connectivity index (χ1) is 8.33. The maximum atomic E-state index is 5.22. The lowest BCUT2D eigenvalue weighted by Crippen LogP contribution is -2.02. The SMILES string of the molecule is CCc1cnc(CNc2ncccc2OC)s1. The van der Waals surface area contributed by atoms with Gasteiger partial charge >= 0.3 is 0 Å². The van der Waals surface area contributed by atoms with Gasteiger partial charge in [-0.05, 0) is 18.6 Å². The second-order valence-corrected chi connectivity index (χ2v) is 4.68. The summed E-state index contributed by atoms with van der Waals surface area (Å²) < 4.78 is 5.22. The molecule has 0 fully saturated rings. The Labute approximate surface area is 105 Å². The highest BCUT2D eigenvalue weighted by Crippen LogP contribution is 2.21. The molecule has 0 aliphatic carbocycles. The maximum Gasteiger partial charge on any atom is 0.169 e. The van der Waals surface area contributed by atoms with Crippen molar-refractivity contribution in [2.45, 2.75) is 19.9 Å². The molecule has 0 spiro atoms. The van der Waals surface area contributed by atoms with Crippen molar-refractivity contribution in [3.05, 3.63) is 34.4 Å². The molecule has 4 nitrogen and oxygen atoms in total. The van der Waals surface area contributed by atoms with Crippen LogP contribution < -0.4 is 10.1 Å². The van der Waals surface area contributed by atoms with E-state index in [0.29, 0.717) is 6.54 Å².